The van der Waals surface area contributed by atoms with Crippen molar-refractivity contribution in [1.82, 2.24) is 15.5 Å². The third kappa shape index (κ3) is 8.02. The highest BCUT2D eigenvalue weighted by atomic mass is 16.3. The van der Waals surface area contributed by atoms with Crippen molar-refractivity contribution in [1.29, 1.82) is 0 Å². The van der Waals surface area contributed by atoms with Gasteiger partial charge in [-0.15, -0.1) is 0 Å². The highest BCUT2D eigenvalue weighted by molar-refractivity contribution is 5.97. The van der Waals surface area contributed by atoms with E-state index in [1.165, 1.54) is 54.4 Å². The Balaban J connectivity index is 1.76. The molecule has 10 heteroatoms. The van der Waals surface area contributed by atoms with Crippen molar-refractivity contribution >= 4 is 23.8 Å². The minimum Gasteiger partial charge on any atom is -0.504 e. The first-order chi connectivity index (χ1) is 24.6. The Labute approximate surface area is 296 Å². The van der Waals surface area contributed by atoms with E-state index < -0.39 is 23.4 Å². The molecule has 5 rings (SSSR count). The number of rotatable bonds is 13. The van der Waals surface area contributed by atoms with Gasteiger partial charge in [0.05, 0.1) is 0 Å². The lowest BCUT2D eigenvalue weighted by Crippen LogP contribution is -2.59. The lowest BCUT2D eigenvalue weighted by molar-refractivity contribution is -0.142. The summed E-state index contributed by atoms with van der Waals surface area (Å²) >= 11 is 0. The third-order valence-corrected chi connectivity index (χ3v) is 8.64. The molecule has 0 aliphatic carbocycles. The second-order valence-corrected chi connectivity index (χ2v) is 11.9. The number of phenols is 4. The highest BCUT2D eigenvalue weighted by Crippen LogP contribution is 2.44. The molecule has 51 heavy (non-hydrogen) atoms. The molecule has 10 nitrogen and oxygen atoms in total. The number of carbonyl (C=O) groups is 3. The maximum Gasteiger partial charge on any atom is 0.248 e. The number of phenolic OH excluding ortho intramolecular Hbond substituents is 4. The van der Waals surface area contributed by atoms with Crippen molar-refractivity contribution in [2.24, 2.45) is 0 Å². The largest absolute Gasteiger partial charge is 0.504 e. The monoisotopic (exact) mass is 685 g/mol. The van der Waals surface area contributed by atoms with Crippen LogP contribution in [0.15, 0.2) is 133 Å². The van der Waals surface area contributed by atoms with Gasteiger partial charge >= 0.3 is 0 Å². The standard InChI is InChI=1S/C41H39N3O7/c1-42-38(49)23-20-33(40(51)43-27-29-18-22-35(46)37(48)26-29)44(39(50)24-19-28-17-21-34(45)36(47)25-28)41(30-11-5-2-6-12-30,31-13-7-3-8-14-31)32-15-9-4-10-16-32/h2-19,21-22,24-26,33,45-48H,20,23,27H2,1H3,(H,42,49)(H,43,51)/t33-/m0/s1. The van der Waals surface area contributed by atoms with Crippen molar-refractivity contribution in [2.45, 2.75) is 31.0 Å². The Morgan fingerprint density at radius 2 is 1.20 bits per heavy atom. The van der Waals surface area contributed by atoms with E-state index in [9.17, 15) is 30.0 Å². The van der Waals surface area contributed by atoms with Gasteiger partial charge in [-0.2, -0.15) is 0 Å². The molecule has 3 amide bonds. The Morgan fingerprint density at radius 3 is 1.69 bits per heavy atom. The van der Waals surface area contributed by atoms with Gasteiger partial charge in [0.25, 0.3) is 0 Å². The van der Waals surface area contributed by atoms with E-state index in [-0.39, 0.29) is 48.3 Å². The summed E-state index contributed by atoms with van der Waals surface area (Å²) in [7, 11) is 1.50. The minimum absolute atomic E-state index is 0.0528. The first kappa shape index (κ1) is 35.7. The van der Waals surface area contributed by atoms with Gasteiger partial charge in [0.1, 0.15) is 11.6 Å². The average molecular weight is 686 g/mol. The summed E-state index contributed by atoms with van der Waals surface area (Å²) in [5, 5.41) is 45.4. The van der Waals surface area contributed by atoms with Crippen LogP contribution in [0.5, 0.6) is 23.0 Å². The van der Waals surface area contributed by atoms with Crippen molar-refractivity contribution in [3.8, 4) is 23.0 Å². The number of amides is 3. The maximum atomic E-state index is 15.0. The Hall–Kier alpha value is -6.55. The Morgan fingerprint density at radius 1 is 0.686 bits per heavy atom. The molecule has 0 heterocycles. The van der Waals surface area contributed by atoms with Crippen LogP contribution in [-0.2, 0) is 26.5 Å². The fourth-order valence-electron chi connectivity index (χ4n) is 6.16. The van der Waals surface area contributed by atoms with Crippen LogP contribution in [0.2, 0.25) is 0 Å². The van der Waals surface area contributed by atoms with Crippen LogP contribution in [-0.4, -0.2) is 56.1 Å². The first-order valence-corrected chi connectivity index (χ1v) is 16.3. The molecular formula is C41H39N3O7. The summed E-state index contributed by atoms with van der Waals surface area (Å²) in [6, 6.07) is 35.1. The second-order valence-electron chi connectivity index (χ2n) is 11.9. The predicted octanol–water partition coefficient (Wildman–Crippen LogP) is 5.55. The van der Waals surface area contributed by atoms with Gasteiger partial charge in [0.15, 0.2) is 23.0 Å². The van der Waals surface area contributed by atoms with Crippen LogP contribution in [0.3, 0.4) is 0 Å². The lowest BCUT2D eigenvalue weighted by Gasteiger charge is -2.48. The fraction of sp³-hybridized carbons (Fsp3) is 0.146. The van der Waals surface area contributed by atoms with Crippen LogP contribution in [0.1, 0.15) is 40.7 Å². The first-order valence-electron chi connectivity index (χ1n) is 16.3. The van der Waals surface area contributed by atoms with Gasteiger partial charge in [-0.25, -0.2) is 0 Å². The number of carbonyl (C=O) groups excluding carboxylic acids is 3. The van der Waals surface area contributed by atoms with Crippen LogP contribution >= 0.6 is 0 Å². The van der Waals surface area contributed by atoms with Gasteiger partial charge < -0.3 is 36.0 Å². The van der Waals surface area contributed by atoms with E-state index in [2.05, 4.69) is 10.6 Å². The summed E-state index contributed by atoms with van der Waals surface area (Å²) in [6.07, 6.45) is 2.61. The van der Waals surface area contributed by atoms with Gasteiger partial charge in [0, 0.05) is 26.1 Å². The average Bonchev–Trinajstić information content (AvgIpc) is 3.16. The van der Waals surface area contributed by atoms with Crippen LogP contribution in [0.4, 0.5) is 0 Å². The molecule has 5 aromatic carbocycles. The van der Waals surface area contributed by atoms with Gasteiger partial charge in [-0.05, 0) is 64.6 Å². The molecule has 0 fully saturated rings. The van der Waals surface area contributed by atoms with Crippen LogP contribution < -0.4 is 10.6 Å². The number of nitrogens with one attached hydrogen (secondary N) is 2. The molecule has 0 unspecified atom stereocenters. The maximum absolute atomic E-state index is 15.0. The highest BCUT2D eigenvalue weighted by Gasteiger charge is 2.49. The van der Waals surface area contributed by atoms with Gasteiger partial charge in [-0.3, -0.25) is 14.4 Å². The number of nitrogens with zero attached hydrogens (tertiary/aromatic N) is 1. The zero-order chi connectivity index (χ0) is 36.4. The van der Waals surface area contributed by atoms with E-state index in [1.807, 2.05) is 91.0 Å². The van der Waals surface area contributed by atoms with E-state index >= 15 is 4.79 Å². The van der Waals surface area contributed by atoms with Gasteiger partial charge in [-0.1, -0.05) is 103 Å². The van der Waals surface area contributed by atoms with E-state index in [1.54, 1.807) is 6.07 Å². The molecule has 6 N–H and O–H groups in total. The Kier molecular flexibility index (Phi) is 11.4. The molecule has 5 aromatic rings. The molecule has 0 bridgehead atoms. The molecule has 0 saturated heterocycles. The smallest absolute Gasteiger partial charge is 0.248 e. The minimum atomic E-state index is -1.43. The summed E-state index contributed by atoms with van der Waals surface area (Å²) in [4.78, 5) is 43.9. The van der Waals surface area contributed by atoms with E-state index in [0.29, 0.717) is 27.8 Å². The number of aromatic hydroxyl groups is 4. The zero-order valence-corrected chi connectivity index (χ0v) is 27.9. The van der Waals surface area contributed by atoms with E-state index in [4.69, 9.17) is 0 Å². The van der Waals surface area contributed by atoms with Gasteiger partial charge in [0.2, 0.25) is 17.7 Å². The van der Waals surface area contributed by atoms with Crippen molar-refractivity contribution in [3.05, 3.63) is 161 Å². The normalized spacial score (nSPS) is 11.9. The number of hydrogen-bond donors (Lipinski definition) is 6. The molecule has 260 valence electrons. The molecule has 0 aliphatic heterocycles. The van der Waals surface area contributed by atoms with Crippen LogP contribution in [0.25, 0.3) is 6.08 Å². The molecule has 0 aliphatic rings. The zero-order valence-electron chi connectivity index (χ0n) is 27.9. The van der Waals surface area contributed by atoms with Crippen molar-refractivity contribution < 1.29 is 34.8 Å². The fourth-order valence-corrected chi connectivity index (χ4v) is 6.16. The van der Waals surface area contributed by atoms with E-state index in [0.717, 1.165) is 0 Å². The number of benzene rings is 5. The third-order valence-electron chi connectivity index (χ3n) is 8.64. The van der Waals surface area contributed by atoms with Crippen molar-refractivity contribution in [3.63, 3.8) is 0 Å². The SMILES string of the molecule is CNC(=O)CC[C@@H](C(=O)NCc1ccc(O)c(O)c1)N(C(=O)C=Cc1ccc(O)c(O)c1)C(c1ccccc1)(c1ccccc1)c1ccccc1. The number of hydrogen-bond acceptors (Lipinski definition) is 7. The predicted molar refractivity (Wildman–Crippen MR) is 194 cm³/mol. The lowest BCUT2D eigenvalue weighted by atomic mass is 9.74. The molecule has 0 saturated carbocycles. The summed E-state index contributed by atoms with van der Waals surface area (Å²) in [5.41, 5.74) is 1.51. The Bertz CT molecular complexity index is 1900. The molecule has 0 radical (unpaired) electrons. The summed E-state index contributed by atoms with van der Waals surface area (Å²) in [5.74, 6) is -2.82. The van der Waals surface area contributed by atoms with Crippen LogP contribution in [0, 0.1) is 0 Å². The summed E-state index contributed by atoms with van der Waals surface area (Å²) < 4.78 is 0. The summed E-state index contributed by atoms with van der Waals surface area (Å²) in [6.45, 7) is -0.0528. The van der Waals surface area contributed by atoms with Crippen molar-refractivity contribution in [2.75, 3.05) is 7.05 Å². The topological polar surface area (TPSA) is 159 Å². The quantitative estimate of drug-likeness (QED) is 0.0538. The second kappa shape index (κ2) is 16.2. The molecule has 0 spiro atoms. The molecule has 0 aromatic heterocycles. The molecular weight excluding hydrogens is 646 g/mol. The molecule has 1 atom stereocenters.